The molecule has 26 heavy (non-hydrogen) atoms. The summed E-state index contributed by atoms with van der Waals surface area (Å²) in [7, 11) is 3.45. The summed E-state index contributed by atoms with van der Waals surface area (Å²) >= 11 is 0. The molecule has 0 radical (unpaired) electrons. The first-order valence-corrected chi connectivity index (χ1v) is 8.73. The van der Waals surface area contributed by atoms with Crippen molar-refractivity contribution < 1.29 is 9.21 Å². The van der Waals surface area contributed by atoms with Crippen LogP contribution in [0, 0.1) is 6.92 Å². The fourth-order valence-corrected chi connectivity index (χ4v) is 2.10. The molecule has 1 amide bonds. The molecule has 0 aliphatic heterocycles. The summed E-state index contributed by atoms with van der Waals surface area (Å²) in [6.07, 6.45) is 2.57. The smallest absolute Gasteiger partial charge is 0.241 e. The van der Waals surface area contributed by atoms with E-state index in [-0.39, 0.29) is 12.5 Å². The third-order valence-electron chi connectivity index (χ3n) is 3.70. The average Bonchev–Trinajstić information content (AvgIpc) is 3.10. The van der Waals surface area contributed by atoms with Crippen molar-refractivity contribution >= 4 is 11.9 Å². The number of nitrogens with one attached hydrogen (secondary N) is 2. The molecule has 2 aromatic rings. The Morgan fingerprint density at radius 2 is 1.96 bits per heavy atom. The van der Waals surface area contributed by atoms with Gasteiger partial charge in [0, 0.05) is 26.2 Å². The van der Waals surface area contributed by atoms with Crippen molar-refractivity contribution in [1.29, 1.82) is 0 Å². The first-order chi connectivity index (χ1) is 12.5. The van der Waals surface area contributed by atoms with Gasteiger partial charge in [-0.15, -0.1) is 0 Å². The highest BCUT2D eigenvalue weighted by molar-refractivity contribution is 5.86. The molecule has 7 nitrogen and oxygen atoms in total. The van der Waals surface area contributed by atoms with E-state index in [4.69, 9.17) is 4.42 Å². The third kappa shape index (κ3) is 5.91. The first kappa shape index (κ1) is 19.5. The van der Waals surface area contributed by atoms with Crippen LogP contribution in [0.2, 0.25) is 0 Å². The standard InChI is InChI=1S/C19H27N5O2/c1-5-10-20-19(22-12-17(25)24(3)4)21-11-16-13-26-18(23-16)15-8-6-14(2)7-9-15/h6-9,13H,5,10-12H2,1-4H3,(H2,20,21,22). The topological polar surface area (TPSA) is 82.8 Å². The Labute approximate surface area is 154 Å². The summed E-state index contributed by atoms with van der Waals surface area (Å²) in [5.41, 5.74) is 2.86. The summed E-state index contributed by atoms with van der Waals surface area (Å²) < 4.78 is 5.55. The molecule has 0 saturated carbocycles. The lowest BCUT2D eigenvalue weighted by Gasteiger charge is -2.14. The van der Waals surface area contributed by atoms with E-state index in [2.05, 4.69) is 27.5 Å². The van der Waals surface area contributed by atoms with Crippen LogP contribution >= 0.6 is 0 Å². The summed E-state index contributed by atoms with van der Waals surface area (Å²) in [6.45, 7) is 5.44. The van der Waals surface area contributed by atoms with Crippen LogP contribution in [-0.4, -0.2) is 48.9 Å². The third-order valence-corrected chi connectivity index (χ3v) is 3.70. The monoisotopic (exact) mass is 357 g/mol. The molecule has 0 fully saturated rings. The summed E-state index contributed by atoms with van der Waals surface area (Å²) in [5, 5.41) is 6.23. The number of aryl methyl sites for hydroxylation is 1. The van der Waals surface area contributed by atoms with Gasteiger partial charge in [-0.05, 0) is 25.5 Å². The molecule has 0 unspecified atom stereocenters. The number of aromatic nitrogens is 1. The second-order valence-corrected chi connectivity index (χ2v) is 6.24. The molecule has 1 aromatic heterocycles. The van der Waals surface area contributed by atoms with Crippen molar-refractivity contribution in [2.75, 3.05) is 27.2 Å². The van der Waals surface area contributed by atoms with E-state index in [1.807, 2.05) is 31.2 Å². The molecule has 0 bridgehead atoms. The number of hydrogen-bond acceptors (Lipinski definition) is 4. The van der Waals surface area contributed by atoms with Crippen LogP contribution in [0.4, 0.5) is 0 Å². The molecule has 0 aliphatic rings. The quantitative estimate of drug-likeness (QED) is 0.586. The summed E-state index contributed by atoms with van der Waals surface area (Å²) in [4.78, 5) is 22.2. The Bertz CT molecular complexity index is 735. The van der Waals surface area contributed by atoms with E-state index in [9.17, 15) is 4.79 Å². The Kier molecular flexibility index (Phi) is 7.20. The molecule has 0 saturated heterocycles. The first-order valence-electron chi connectivity index (χ1n) is 8.73. The molecule has 1 heterocycles. The average molecular weight is 357 g/mol. The number of carbonyl (C=O) groups is 1. The molecule has 7 heteroatoms. The minimum absolute atomic E-state index is 0.0147. The van der Waals surface area contributed by atoms with Gasteiger partial charge in [0.1, 0.15) is 12.0 Å². The fourth-order valence-electron chi connectivity index (χ4n) is 2.10. The highest BCUT2D eigenvalue weighted by Gasteiger charge is 2.08. The second-order valence-electron chi connectivity index (χ2n) is 6.24. The molecule has 0 atom stereocenters. The van der Waals surface area contributed by atoms with E-state index in [0.717, 1.165) is 24.2 Å². The lowest BCUT2D eigenvalue weighted by Crippen LogP contribution is -2.43. The van der Waals surface area contributed by atoms with E-state index in [1.54, 1.807) is 20.4 Å². The minimum Gasteiger partial charge on any atom is -0.444 e. The summed E-state index contributed by atoms with van der Waals surface area (Å²) in [5.74, 6) is 1.15. The van der Waals surface area contributed by atoms with Crippen LogP contribution in [0.1, 0.15) is 24.6 Å². The minimum atomic E-state index is -0.0147. The van der Waals surface area contributed by atoms with Gasteiger partial charge in [-0.25, -0.2) is 9.98 Å². The zero-order valence-electron chi connectivity index (χ0n) is 15.9. The highest BCUT2D eigenvalue weighted by atomic mass is 16.3. The number of guanidine groups is 1. The zero-order valence-corrected chi connectivity index (χ0v) is 15.9. The van der Waals surface area contributed by atoms with Gasteiger partial charge in [0.05, 0.1) is 13.1 Å². The Morgan fingerprint density at radius 3 is 2.62 bits per heavy atom. The van der Waals surface area contributed by atoms with E-state index < -0.39 is 0 Å². The van der Waals surface area contributed by atoms with Crippen molar-refractivity contribution in [1.82, 2.24) is 20.5 Å². The lowest BCUT2D eigenvalue weighted by molar-refractivity contribution is -0.127. The molecule has 2 N–H and O–H groups in total. The van der Waals surface area contributed by atoms with Crippen molar-refractivity contribution in [3.8, 4) is 11.5 Å². The van der Waals surface area contributed by atoms with Gasteiger partial charge >= 0.3 is 0 Å². The predicted octanol–water partition coefficient (Wildman–Crippen LogP) is 2.18. The molecular formula is C19H27N5O2. The van der Waals surface area contributed by atoms with E-state index >= 15 is 0 Å². The number of rotatable bonds is 7. The van der Waals surface area contributed by atoms with Gasteiger partial charge in [0.25, 0.3) is 0 Å². The van der Waals surface area contributed by atoms with Gasteiger partial charge in [-0.3, -0.25) is 4.79 Å². The molecule has 1 aromatic carbocycles. The van der Waals surface area contributed by atoms with Crippen molar-refractivity contribution in [2.45, 2.75) is 26.8 Å². The highest BCUT2D eigenvalue weighted by Crippen LogP contribution is 2.19. The van der Waals surface area contributed by atoms with Crippen LogP contribution in [0.25, 0.3) is 11.5 Å². The zero-order chi connectivity index (χ0) is 18.9. The van der Waals surface area contributed by atoms with Gasteiger partial charge < -0.3 is 20.0 Å². The number of likely N-dealkylation sites (N-methyl/N-ethyl adjacent to an activating group) is 1. The van der Waals surface area contributed by atoms with Gasteiger partial charge in [0.15, 0.2) is 5.96 Å². The molecular weight excluding hydrogens is 330 g/mol. The number of hydrogen-bond donors (Lipinski definition) is 2. The maximum atomic E-state index is 11.7. The lowest BCUT2D eigenvalue weighted by atomic mass is 10.1. The number of oxazole rings is 1. The molecule has 140 valence electrons. The van der Waals surface area contributed by atoms with Gasteiger partial charge in [-0.1, -0.05) is 24.6 Å². The molecule has 2 rings (SSSR count). The Balaban J connectivity index is 2.01. The van der Waals surface area contributed by atoms with Crippen molar-refractivity contribution in [3.05, 3.63) is 41.8 Å². The van der Waals surface area contributed by atoms with Crippen LogP contribution < -0.4 is 10.6 Å². The summed E-state index contributed by atoms with van der Waals surface area (Å²) in [6, 6.07) is 8.01. The SMILES string of the molecule is CCCNC(=NCc1coc(-c2ccc(C)cc2)n1)NCC(=O)N(C)C. The van der Waals surface area contributed by atoms with Crippen LogP contribution in [0.5, 0.6) is 0 Å². The largest absolute Gasteiger partial charge is 0.444 e. The Hall–Kier alpha value is -2.83. The van der Waals surface area contributed by atoms with Crippen LogP contribution in [0.15, 0.2) is 39.9 Å². The number of aliphatic imine (C=N–C) groups is 1. The normalized spacial score (nSPS) is 11.3. The van der Waals surface area contributed by atoms with Crippen LogP contribution in [-0.2, 0) is 11.3 Å². The maximum Gasteiger partial charge on any atom is 0.241 e. The number of nitrogens with zero attached hydrogens (tertiary/aromatic N) is 3. The Morgan fingerprint density at radius 1 is 1.23 bits per heavy atom. The van der Waals surface area contributed by atoms with Crippen molar-refractivity contribution in [2.24, 2.45) is 4.99 Å². The number of carbonyl (C=O) groups excluding carboxylic acids is 1. The second kappa shape index (κ2) is 9.60. The maximum absolute atomic E-state index is 11.7. The van der Waals surface area contributed by atoms with Gasteiger partial charge in [0.2, 0.25) is 11.8 Å². The fraction of sp³-hybridized carbons (Fsp3) is 0.421. The number of benzene rings is 1. The van der Waals surface area contributed by atoms with Crippen molar-refractivity contribution in [3.63, 3.8) is 0 Å². The molecule has 0 aliphatic carbocycles. The predicted molar refractivity (Wildman–Crippen MR) is 103 cm³/mol. The van der Waals surface area contributed by atoms with Gasteiger partial charge in [-0.2, -0.15) is 0 Å². The number of amides is 1. The molecule has 0 spiro atoms. The van der Waals surface area contributed by atoms with Crippen LogP contribution in [0.3, 0.4) is 0 Å². The van der Waals surface area contributed by atoms with E-state index in [1.165, 1.54) is 10.5 Å². The van der Waals surface area contributed by atoms with E-state index in [0.29, 0.717) is 18.4 Å².